The molecule has 49 heavy (non-hydrogen) atoms. The molecule has 10 rings (SSSR count). The smallest absolute Gasteiger partial charge is 0.140 e. The van der Waals surface area contributed by atoms with Crippen LogP contribution in [0.5, 0.6) is 0 Å². The van der Waals surface area contributed by atoms with Crippen LogP contribution in [0.15, 0.2) is 146 Å². The zero-order valence-electron chi connectivity index (χ0n) is 26.0. The maximum absolute atomic E-state index is 9.67. The zero-order chi connectivity index (χ0) is 32.6. The van der Waals surface area contributed by atoms with Crippen molar-refractivity contribution in [2.24, 2.45) is 0 Å². The molecule has 0 fully saturated rings. The van der Waals surface area contributed by atoms with E-state index in [2.05, 4.69) is 123 Å². The number of rotatable bonds is 3. The predicted molar refractivity (Wildman–Crippen MR) is 197 cm³/mol. The molecule has 0 spiro atoms. The Morgan fingerprint density at radius 3 is 1.59 bits per heavy atom. The minimum atomic E-state index is 0.570. The van der Waals surface area contributed by atoms with Gasteiger partial charge < -0.3 is 4.57 Å². The second-order valence-corrected chi connectivity index (χ2v) is 12.3. The van der Waals surface area contributed by atoms with Gasteiger partial charge in [-0.15, -0.1) is 0 Å². The molecule has 0 saturated carbocycles. The molecule has 4 heterocycles. The molecule has 226 valence electrons. The zero-order valence-corrected chi connectivity index (χ0v) is 26.0. The van der Waals surface area contributed by atoms with Crippen molar-refractivity contribution in [3.63, 3.8) is 0 Å². The number of hydrogen-bond donors (Lipinski definition) is 0. The molecule has 0 N–H and O–H groups in total. The number of pyridine rings is 1. The average Bonchev–Trinajstić information content (AvgIpc) is 3.80. The normalized spacial score (nSPS) is 11.6. The summed E-state index contributed by atoms with van der Waals surface area (Å²) < 4.78 is 6.77. The van der Waals surface area contributed by atoms with E-state index in [1.165, 1.54) is 27.2 Å². The van der Waals surface area contributed by atoms with E-state index in [-0.39, 0.29) is 0 Å². The highest BCUT2D eigenvalue weighted by Crippen LogP contribution is 2.42. The van der Waals surface area contributed by atoms with Crippen LogP contribution >= 0.6 is 0 Å². The number of fused-ring (bicyclic) bond motifs is 10. The predicted octanol–water partition coefficient (Wildman–Crippen LogP) is 10.1. The number of nitrogens with zero attached hydrogens (tertiary/aromatic N) is 6. The van der Waals surface area contributed by atoms with Gasteiger partial charge in [-0.2, -0.15) is 10.5 Å². The number of aromatic nitrogens is 4. The maximum atomic E-state index is 9.67. The molecule has 10 aromatic rings. The second-order valence-electron chi connectivity index (χ2n) is 12.3. The largest absolute Gasteiger partial charge is 0.309 e. The molecule has 0 aliphatic rings. The van der Waals surface area contributed by atoms with Gasteiger partial charge in [0.25, 0.3) is 0 Å². The molecule has 6 aromatic carbocycles. The lowest BCUT2D eigenvalue weighted by atomic mass is 10.1. The highest BCUT2D eigenvalue weighted by atomic mass is 15.1. The first kappa shape index (κ1) is 27.0. The van der Waals surface area contributed by atoms with E-state index in [0.717, 1.165) is 55.5 Å². The van der Waals surface area contributed by atoms with Gasteiger partial charge in [-0.3, -0.25) is 9.13 Å². The highest BCUT2D eigenvalue weighted by molar-refractivity contribution is 6.26. The van der Waals surface area contributed by atoms with Crippen molar-refractivity contribution in [3.05, 3.63) is 157 Å². The van der Waals surface area contributed by atoms with E-state index in [9.17, 15) is 10.5 Å². The number of benzene rings is 6. The monoisotopic (exact) mass is 624 g/mol. The Balaban J connectivity index is 1.29. The van der Waals surface area contributed by atoms with Gasteiger partial charge in [0, 0.05) is 38.0 Å². The molecule has 0 bridgehead atoms. The van der Waals surface area contributed by atoms with Crippen LogP contribution in [0.3, 0.4) is 0 Å². The lowest BCUT2D eigenvalue weighted by Gasteiger charge is -2.12. The fourth-order valence-corrected chi connectivity index (χ4v) is 7.67. The van der Waals surface area contributed by atoms with E-state index >= 15 is 0 Å². The summed E-state index contributed by atoms with van der Waals surface area (Å²) in [4.78, 5) is 5.34. The van der Waals surface area contributed by atoms with Crippen LogP contribution in [0, 0.1) is 22.7 Å². The molecule has 0 unspecified atom stereocenters. The second kappa shape index (κ2) is 10.2. The molecule has 6 nitrogen and oxygen atoms in total. The fourth-order valence-electron chi connectivity index (χ4n) is 7.67. The first-order chi connectivity index (χ1) is 24.2. The summed E-state index contributed by atoms with van der Waals surface area (Å²) in [5, 5.41) is 25.9. The Hall–Kier alpha value is -7.15. The first-order valence-corrected chi connectivity index (χ1v) is 16.1. The van der Waals surface area contributed by atoms with Gasteiger partial charge in [-0.25, -0.2) is 4.98 Å². The Bertz CT molecular complexity index is 3000. The van der Waals surface area contributed by atoms with Crippen molar-refractivity contribution in [2.45, 2.75) is 0 Å². The van der Waals surface area contributed by atoms with Gasteiger partial charge in [0.05, 0.1) is 56.4 Å². The summed E-state index contributed by atoms with van der Waals surface area (Å²) in [6.45, 7) is 0. The SMILES string of the molecule is N#Cc1ccc2c(c1)c1cc(C#N)ccc1n2-c1cccc(-n2c3ccccc3c3c2ccc2c4ccccc4n(-c4ccccc4)c23)n1. The minimum absolute atomic E-state index is 0.570. The summed E-state index contributed by atoms with van der Waals surface area (Å²) in [5.74, 6) is 1.54. The molecule has 0 saturated heterocycles. The van der Waals surface area contributed by atoms with Crippen LogP contribution in [0.4, 0.5) is 0 Å². The summed E-state index contributed by atoms with van der Waals surface area (Å²) in [7, 11) is 0. The van der Waals surface area contributed by atoms with Crippen LogP contribution in [-0.4, -0.2) is 18.7 Å². The molecule has 0 atom stereocenters. The first-order valence-electron chi connectivity index (χ1n) is 16.1. The van der Waals surface area contributed by atoms with Gasteiger partial charge in [0.1, 0.15) is 11.6 Å². The Morgan fingerprint density at radius 2 is 0.939 bits per heavy atom. The molecular formula is C43H24N6. The number of nitriles is 2. The van der Waals surface area contributed by atoms with Crippen LogP contribution in [0.25, 0.3) is 82.7 Å². The highest BCUT2D eigenvalue weighted by Gasteiger charge is 2.22. The van der Waals surface area contributed by atoms with Crippen molar-refractivity contribution in [2.75, 3.05) is 0 Å². The van der Waals surface area contributed by atoms with E-state index in [0.29, 0.717) is 11.1 Å². The van der Waals surface area contributed by atoms with Crippen LogP contribution in [0.1, 0.15) is 11.1 Å². The summed E-state index contributed by atoms with van der Waals surface area (Å²) in [6, 6.07) is 54.2. The van der Waals surface area contributed by atoms with Gasteiger partial charge in [0.15, 0.2) is 0 Å². The summed E-state index contributed by atoms with van der Waals surface area (Å²) >= 11 is 0. The third kappa shape index (κ3) is 3.77. The average molecular weight is 625 g/mol. The van der Waals surface area contributed by atoms with E-state index in [1.807, 2.05) is 48.5 Å². The van der Waals surface area contributed by atoms with Crippen LogP contribution in [0.2, 0.25) is 0 Å². The fraction of sp³-hybridized carbons (Fsp3) is 0. The van der Waals surface area contributed by atoms with Gasteiger partial charge in [-0.05, 0) is 78.9 Å². The molecule has 6 heteroatoms. The number of para-hydroxylation sites is 3. The Morgan fingerprint density at radius 1 is 0.408 bits per heavy atom. The third-order valence-electron chi connectivity index (χ3n) is 9.69. The molecule has 0 radical (unpaired) electrons. The molecular weight excluding hydrogens is 601 g/mol. The minimum Gasteiger partial charge on any atom is -0.309 e. The quantitative estimate of drug-likeness (QED) is 0.196. The van der Waals surface area contributed by atoms with Crippen LogP contribution in [-0.2, 0) is 0 Å². The maximum Gasteiger partial charge on any atom is 0.140 e. The lowest BCUT2D eigenvalue weighted by molar-refractivity contribution is 1.01. The van der Waals surface area contributed by atoms with Gasteiger partial charge in [-0.1, -0.05) is 66.7 Å². The van der Waals surface area contributed by atoms with Gasteiger partial charge in [0.2, 0.25) is 0 Å². The summed E-state index contributed by atoms with van der Waals surface area (Å²) in [6.07, 6.45) is 0. The third-order valence-corrected chi connectivity index (χ3v) is 9.69. The van der Waals surface area contributed by atoms with E-state index in [4.69, 9.17) is 4.98 Å². The summed E-state index contributed by atoms with van der Waals surface area (Å²) in [5.41, 5.74) is 8.56. The van der Waals surface area contributed by atoms with Crippen molar-refractivity contribution >= 4 is 65.4 Å². The molecule has 0 aliphatic heterocycles. The van der Waals surface area contributed by atoms with E-state index in [1.54, 1.807) is 0 Å². The van der Waals surface area contributed by atoms with E-state index < -0.39 is 0 Å². The molecule has 0 aliphatic carbocycles. The van der Waals surface area contributed by atoms with Crippen molar-refractivity contribution in [3.8, 4) is 29.5 Å². The van der Waals surface area contributed by atoms with Gasteiger partial charge >= 0.3 is 0 Å². The Kier molecular flexibility index (Phi) is 5.61. The lowest BCUT2D eigenvalue weighted by Crippen LogP contribution is -2.03. The molecule has 4 aromatic heterocycles. The number of hydrogen-bond acceptors (Lipinski definition) is 3. The standard InChI is InChI=1S/C43H24N6/c44-25-27-17-20-37-33(23-27)34-24-28(26-45)18-21-38(34)48(37)40-15-8-16-41(46-40)49-36-14-7-5-12-32(36)42-39(49)22-19-31-30-11-4-6-13-35(30)47(43(31)42)29-9-2-1-3-10-29/h1-24H. The van der Waals surface area contributed by atoms with Crippen molar-refractivity contribution in [1.82, 2.24) is 18.7 Å². The van der Waals surface area contributed by atoms with Crippen molar-refractivity contribution < 1.29 is 0 Å². The topological polar surface area (TPSA) is 75.3 Å². The Labute approximate surface area is 280 Å². The van der Waals surface area contributed by atoms with Crippen molar-refractivity contribution in [1.29, 1.82) is 10.5 Å². The van der Waals surface area contributed by atoms with Crippen LogP contribution < -0.4 is 0 Å². The molecule has 0 amide bonds.